The van der Waals surface area contributed by atoms with Crippen LogP contribution in [0.5, 0.6) is 0 Å². The van der Waals surface area contributed by atoms with Crippen molar-refractivity contribution in [3.8, 4) is 6.07 Å². The number of carbonyl (C=O) groups is 1. The molecular weight excluding hydrogens is 440 g/mol. The molecule has 1 unspecified atom stereocenters. The summed E-state index contributed by atoms with van der Waals surface area (Å²) in [5, 5.41) is 13.0. The SMILES string of the molecule is N#Cc1c2c(n(CC3CCCO3)c1NC(=O)CSC1=Nc3ccccc3CS1)CCCC2. The lowest BCUT2D eigenvalue weighted by atomic mass is 9.95. The summed E-state index contributed by atoms with van der Waals surface area (Å²) in [6, 6.07) is 10.5. The van der Waals surface area contributed by atoms with E-state index < -0.39 is 0 Å². The van der Waals surface area contributed by atoms with Crippen molar-refractivity contribution in [3.05, 3.63) is 46.6 Å². The van der Waals surface area contributed by atoms with Gasteiger partial charge in [-0.1, -0.05) is 41.7 Å². The van der Waals surface area contributed by atoms with Crippen LogP contribution in [0.2, 0.25) is 0 Å². The Morgan fingerprint density at radius 1 is 1.31 bits per heavy atom. The summed E-state index contributed by atoms with van der Waals surface area (Å²) in [5.41, 5.74) is 5.16. The number of amides is 1. The Morgan fingerprint density at radius 3 is 3.03 bits per heavy atom. The highest BCUT2D eigenvalue weighted by Crippen LogP contribution is 2.36. The van der Waals surface area contributed by atoms with E-state index >= 15 is 0 Å². The van der Waals surface area contributed by atoms with Crippen LogP contribution >= 0.6 is 23.5 Å². The number of carbonyl (C=O) groups excluding carboxylic acids is 1. The molecule has 32 heavy (non-hydrogen) atoms. The fourth-order valence-electron chi connectivity index (χ4n) is 4.69. The van der Waals surface area contributed by atoms with Crippen molar-refractivity contribution >= 4 is 45.3 Å². The molecular formula is C24H26N4O2S2. The first-order valence-corrected chi connectivity index (χ1v) is 13.2. The molecule has 1 amide bonds. The molecule has 6 nitrogen and oxygen atoms in total. The number of nitrogens with one attached hydrogen (secondary N) is 1. The van der Waals surface area contributed by atoms with Crippen molar-refractivity contribution in [1.29, 1.82) is 5.26 Å². The second kappa shape index (κ2) is 9.74. The van der Waals surface area contributed by atoms with Crippen molar-refractivity contribution in [2.24, 2.45) is 4.99 Å². The monoisotopic (exact) mass is 466 g/mol. The van der Waals surface area contributed by atoms with Gasteiger partial charge in [-0.25, -0.2) is 4.99 Å². The van der Waals surface area contributed by atoms with E-state index in [0.29, 0.717) is 17.9 Å². The minimum Gasteiger partial charge on any atom is -0.376 e. The molecule has 1 atom stereocenters. The maximum absolute atomic E-state index is 12.9. The number of hydrogen-bond donors (Lipinski definition) is 1. The van der Waals surface area contributed by atoms with Gasteiger partial charge in [0.2, 0.25) is 5.91 Å². The minimum atomic E-state index is -0.0999. The molecule has 2 aliphatic heterocycles. The number of nitrogens with zero attached hydrogens (tertiary/aromatic N) is 3. The van der Waals surface area contributed by atoms with Crippen LogP contribution in [0.1, 0.15) is 48.1 Å². The molecule has 1 N–H and O–H groups in total. The largest absolute Gasteiger partial charge is 0.376 e. The zero-order chi connectivity index (χ0) is 21.9. The van der Waals surface area contributed by atoms with Gasteiger partial charge in [-0.3, -0.25) is 4.79 Å². The molecule has 1 aromatic carbocycles. The van der Waals surface area contributed by atoms with Gasteiger partial charge in [-0.2, -0.15) is 5.26 Å². The highest BCUT2D eigenvalue weighted by molar-refractivity contribution is 8.38. The molecule has 0 radical (unpaired) electrons. The lowest BCUT2D eigenvalue weighted by Gasteiger charge is -2.20. The van der Waals surface area contributed by atoms with Crippen LogP contribution in [-0.4, -0.2) is 33.3 Å². The summed E-state index contributed by atoms with van der Waals surface area (Å²) < 4.78 is 8.94. The first-order valence-electron chi connectivity index (χ1n) is 11.2. The number of benzene rings is 1. The standard InChI is InChI=1S/C24H26N4O2S2/c25-12-19-18-8-2-4-10-21(18)28(13-17-7-5-11-30-17)23(19)27-22(29)15-32-24-26-20-9-3-1-6-16(20)14-31-24/h1,3,6,9,17H,2,4-5,7-8,10-11,13-15H2,(H,27,29). The molecule has 3 heterocycles. The number of aromatic nitrogens is 1. The van der Waals surface area contributed by atoms with E-state index in [-0.39, 0.29) is 17.8 Å². The maximum Gasteiger partial charge on any atom is 0.235 e. The van der Waals surface area contributed by atoms with Gasteiger partial charge in [0.25, 0.3) is 0 Å². The summed E-state index contributed by atoms with van der Waals surface area (Å²) in [6.07, 6.45) is 6.31. The van der Waals surface area contributed by atoms with Crippen LogP contribution in [0.25, 0.3) is 0 Å². The third-order valence-electron chi connectivity index (χ3n) is 6.23. The van der Waals surface area contributed by atoms with E-state index in [9.17, 15) is 10.1 Å². The molecule has 1 aliphatic carbocycles. The Kier molecular flexibility index (Phi) is 6.58. The van der Waals surface area contributed by atoms with Gasteiger partial charge in [0, 0.05) is 18.1 Å². The van der Waals surface area contributed by atoms with Crippen molar-refractivity contribution in [2.45, 2.75) is 56.9 Å². The maximum atomic E-state index is 12.9. The van der Waals surface area contributed by atoms with Gasteiger partial charge in [0.15, 0.2) is 0 Å². The number of anilines is 1. The Balaban J connectivity index is 1.33. The molecule has 2 aromatic rings. The number of thioether (sulfide) groups is 2. The number of ether oxygens (including phenoxy) is 1. The molecule has 0 saturated carbocycles. The predicted octanol–water partition coefficient (Wildman–Crippen LogP) is 5.02. The molecule has 5 rings (SSSR count). The lowest BCUT2D eigenvalue weighted by Crippen LogP contribution is -2.23. The van der Waals surface area contributed by atoms with Gasteiger partial charge in [0.1, 0.15) is 16.3 Å². The van der Waals surface area contributed by atoms with E-state index in [1.54, 1.807) is 11.8 Å². The van der Waals surface area contributed by atoms with Crippen LogP contribution in [0.15, 0.2) is 29.3 Å². The van der Waals surface area contributed by atoms with Crippen molar-refractivity contribution < 1.29 is 9.53 Å². The van der Waals surface area contributed by atoms with Crippen molar-refractivity contribution in [3.63, 3.8) is 0 Å². The molecule has 0 bridgehead atoms. The molecule has 0 spiro atoms. The lowest BCUT2D eigenvalue weighted by molar-refractivity contribution is -0.113. The average Bonchev–Trinajstić information content (AvgIpc) is 3.44. The van der Waals surface area contributed by atoms with E-state index in [1.807, 2.05) is 18.2 Å². The summed E-state index contributed by atoms with van der Waals surface area (Å²) in [7, 11) is 0. The van der Waals surface area contributed by atoms with Crippen LogP contribution in [0.4, 0.5) is 11.5 Å². The van der Waals surface area contributed by atoms with Gasteiger partial charge >= 0.3 is 0 Å². The first-order chi connectivity index (χ1) is 15.7. The normalized spacial score (nSPS) is 19.6. The minimum absolute atomic E-state index is 0.0999. The molecule has 8 heteroatoms. The fraction of sp³-hybridized carbons (Fsp3) is 0.458. The molecule has 1 saturated heterocycles. The van der Waals surface area contributed by atoms with E-state index in [2.05, 4.69) is 27.0 Å². The quantitative estimate of drug-likeness (QED) is 0.669. The van der Waals surface area contributed by atoms with E-state index in [4.69, 9.17) is 4.74 Å². The van der Waals surface area contributed by atoms with Gasteiger partial charge < -0.3 is 14.6 Å². The first kappa shape index (κ1) is 21.6. The van der Waals surface area contributed by atoms with Crippen molar-refractivity contribution in [2.75, 3.05) is 17.7 Å². The number of aliphatic imine (C=N–C) groups is 1. The zero-order valence-electron chi connectivity index (χ0n) is 17.9. The third-order valence-corrected chi connectivity index (χ3v) is 8.48. The second-order valence-corrected chi connectivity index (χ2v) is 10.5. The number of fused-ring (bicyclic) bond motifs is 2. The Morgan fingerprint density at radius 2 is 2.19 bits per heavy atom. The Bertz CT molecular complexity index is 1100. The predicted molar refractivity (Wildman–Crippen MR) is 131 cm³/mol. The van der Waals surface area contributed by atoms with Crippen LogP contribution in [-0.2, 0) is 34.7 Å². The molecule has 1 fully saturated rings. The van der Waals surface area contributed by atoms with Crippen LogP contribution in [0.3, 0.4) is 0 Å². The smallest absolute Gasteiger partial charge is 0.235 e. The second-order valence-electron chi connectivity index (χ2n) is 8.35. The number of hydrogen-bond acceptors (Lipinski definition) is 6. The fourth-order valence-corrected chi connectivity index (χ4v) is 6.56. The number of para-hydroxylation sites is 1. The van der Waals surface area contributed by atoms with E-state index in [1.165, 1.54) is 23.0 Å². The third kappa shape index (κ3) is 4.47. The van der Waals surface area contributed by atoms with Crippen LogP contribution < -0.4 is 5.32 Å². The van der Waals surface area contributed by atoms with Gasteiger partial charge in [0.05, 0.1) is 29.7 Å². The molecule has 166 valence electrons. The number of nitriles is 1. The van der Waals surface area contributed by atoms with Crippen molar-refractivity contribution in [1.82, 2.24) is 4.57 Å². The summed E-state index contributed by atoms with van der Waals surface area (Å²) >= 11 is 3.13. The highest BCUT2D eigenvalue weighted by atomic mass is 32.2. The summed E-state index contributed by atoms with van der Waals surface area (Å²) in [4.78, 5) is 17.6. The highest BCUT2D eigenvalue weighted by Gasteiger charge is 2.28. The average molecular weight is 467 g/mol. The topological polar surface area (TPSA) is 79.4 Å². The van der Waals surface area contributed by atoms with Crippen LogP contribution in [0, 0.1) is 11.3 Å². The molecule has 3 aliphatic rings. The van der Waals surface area contributed by atoms with Gasteiger partial charge in [-0.05, 0) is 55.7 Å². The molecule has 1 aromatic heterocycles. The van der Waals surface area contributed by atoms with E-state index in [0.717, 1.165) is 66.5 Å². The summed E-state index contributed by atoms with van der Waals surface area (Å²) in [5.74, 6) is 1.70. The Hall–Kier alpha value is -2.21. The Labute approximate surface area is 196 Å². The zero-order valence-corrected chi connectivity index (χ0v) is 19.6. The number of rotatable bonds is 5. The van der Waals surface area contributed by atoms with Gasteiger partial charge in [-0.15, -0.1) is 0 Å². The summed E-state index contributed by atoms with van der Waals surface area (Å²) in [6.45, 7) is 1.49.